The number of amides is 3. The van der Waals surface area contributed by atoms with Crippen molar-refractivity contribution in [2.24, 2.45) is 5.92 Å². The third kappa shape index (κ3) is 4.28. The van der Waals surface area contributed by atoms with Gasteiger partial charge in [0.05, 0.1) is 12.5 Å². The lowest BCUT2D eigenvalue weighted by atomic mass is 10.1. The number of hydrogen-bond acceptors (Lipinski definition) is 6. The Bertz CT molecular complexity index is 542. The zero-order valence-electron chi connectivity index (χ0n) is 11.6. The van der Waals surface area contributed by atoms with E-state index in [9.17, 15) is 14.4 Å². The van der Waals surface area contributed by atoms with Crippen LogP contribution in [0.15, 0.2) is 10.6 Å². The van der Waals surface area contributed by atoms with Crippen molar-refractivity contribution in [3.63, 3.8) is 0 Å². The lowest BCUT2D eigenvalue weighted by molar-refractivity contribution is -0.124. The smallest absolute Gasteiger partial charge is 0.273 e. The number of carbonyl (C=O) groups excluding carboxylic acids is 3. The summed E-state index contributed by atoms with van der Waals surface area (Å²) in [5.74, 6) is -0.551. The first-order valence-electron chi connectivity index (χ1n) is 6.57. The average Bonchev–Trinajstić information content (AvgIpc) is 3.05. The standard InChI is InChI=1S/C12H17N5O4/c1-7-4-9(17-21-7)12(20)14-6-10(18)16-15-5-8-2-3-13-11(8)19/h4,8,15H,2-3,5-6H2,1H3,(H,13,19)(H,14,20)(H,16,18)/t8-/m0/s1. The van der Waals surface area contributed by atoms with Crippen molar-refractivity contribution >= 4 is 17.7 Å². The zero-order valence-corrected chi connectivity index (χ0v) is 11.6. The molecular formula is C12H17N5O4. The summed E-state index contributed by atoms with van der Waals surface area (Å²) in [6.07, 6.45) is 0.740. The van der Waals surface area contributed by atoms with Crippen molar-refractivity contribution in [1.82, 2.24) is 26.6 Å². The van der Waals surface area contributed by atoms with Crippen LogP contribution in [0.25, 0.3) is 0 Å². The highest BCUT2D eigenvalue weighted by molar-refractivity contribution is 5.94. The molecule has 0 saturated carbocycles. The molecular weight excluding hydrogens is 278 g/mol. The van der Waals surface area contributed by atoms with Gasteiger partial charge in [-0.3, -0.25) is 19.8 Å². The molecule has 1 aliphatic rings. The van der Waals surface area contributed by atoms with Gasteiger partial charge in [-0.15, -0.1) is 0 Å². The average molecular weight is 295 g/mol. The molecule has 0 unspecified atom stereocenters. The maximum atomic E-state index is 11.6. The van der Waals surface area contributed by atoms with Crippen LogP contribution in [-0.4, -0.2) is 42.5 Å². The second-order valence-corrected chi connectivity index (χ2v) is 4.71. The Kier molecular flexibility index (Phi) is 4.88. The summed E-state index contributed by atoms with van der Waals surface area (Å²) in [4.78, 5) is 34.4. The maximum Gasteiger partial charge on any atom is 0.273 e. The van der Waals surface area contributed by atoms with E-state index in [1.54, 1.807) is 6.92 Å². The van der Waals surface area contributed by atoms with Crippen LogP contribution in [0.2, 0.25) is 0 Å². The Balaban J connectivity index is 1.63. The molecule has 2 heterocycles. The first kappa shape index (κ1) is 15.0. The molecule has 1 saturated heterocycles. The van der Waals surface area contributed by atoms with Gasteiger partial charge in [-0.1, -0.05) is 5.16 Å². The highest BCUT2D eigenvalue weighted by Crippen LogP contribution is 2.06. The molecule has 21 heavy (non-hydrogen) atoms. The van der Waals surface area contributed by atoms with Gasteiger partial charge in [-0.2, -0.15) is 0 Å². The fourth-order valence-electron chi connectivity index (χ4n) is 1.88. The number of carbonyl (C=O) groups is 3. The summed E-state index contributed by atoms with van der Waals surface area (Å²) in [6.45, 7) is 2.48. The topological polar surface area (TPSA) is 125 Å². The predicted molar refractivity (Wildman–Crippen MR) is 70.8 cm³/mol. The monoisotopic (exact) mass is 295 g/mol. The molecule has 9 nitrogen and oxygen atoms in total. The molecule has 114 valence electrons. The molecule has 1 aromatic heterocycles. The summed E-state index contributed by atoms with van der Waals surface area (Å²) >= 11 is 0. The minimum Gasteiger partial charge on any atom is -0.361 e. The van der Waals surface area contributed by atoms with E-state index in [2.05, 4.69) is 26.6 Å². The fraction of sp³-hybridized carbons (Fsp3) is 0.500. The van der Waals surface area contributed by atoms with E-state index >= 15 is 0 Å². The van der Waals surface area contributed by atoms with Gasteiger partial charge in [-0.25, -0.2) is 5.43 Å². The van der Waals surface area contributed by atoms with Crippen LogP contribution in [0.3, 0.4) is 0 Å². The van der Waals surface area contributed by atoms with Crippen LogP contribution in [0.5, 0.6) is 0 Å². The van der Waals surface area contributed by atoms with Gasteiger partial charge in [0, 0.05) is 19.2 Å². The van der Waals surface area contributed by atoms with Gasteiger partial charge in [0.15, 0.2) is 5.69 Å². The normalized spacial score (nSPS) is 17.4. The van der Waals surface area contributed by atoms with Crippen molar-refractivity contribution in [1.29, 1.82) is 0 Å². The second kappa shape index (κ2) is 6.84. The Morgan fingerprint density at radius 1 is 1.52 bits per heavy atom. The first-order valence-corrected chi connectivity index (χ1v) is 6.57. The highest BCUT2D eigenvalue weighted by Gasteiger charge is 2.23. The van der Waals surface area contributed by atoms with Gasteiger partial charge < -0.3 is 15.2 Å². The van der Waals surface area contributed by atoms with Gasteiger partial charge in [0.2, 0.25) is 5.91 Å². The minimum absolute atomic E-state index is 0.0218. The van der Waals surface area contributed by atoms with E-state index in [1.807, 2.05) is 0 Å². The largest absolute Gasteiger partial charge is 0.361 e. The molecule has 1 aromatic rings. The van der Waals surface area contributed by atoms with E-state index in [-0.39, 0.29) is 24.1 Å². The molecule has 3 amide bonds. The quantitative estimate of drug-likeness (QED) is 0.472. The molecule has 0 aliphatic carbocycles. The van der Waals surface area contributed by atoms with E-state index < -0.39 is 11.8 Å². The lowest BCUT2D eigenvalue weighted by Gasteiger charge is -2.10. The van der Waals surface area contributed by atoms with Crippen LogP contribution in [-0.2, 0) is 9.59 Å². The molecule has 1 fully saturated rings. The van der Waals surface area contributed by atoms with Crippen molar-refractivity contribution < 1.29 is 18.9 Å². The van der Waals surface area contributed by atoms with E-state index in [1.165, 1.54) is 6.07 Å². The summed E-state index contributed by atoms with van der Waals surface area (Å²) in [6, 6.07) is 1.48. The van der Waals surface area contributed by atoms with E-state index in [0.717, 1.165) is 6.42 Å². The summed E-state index contributed by atoms with van der Waals surface area (Å²) < 4.78 is 4.76. The third-order valence-corrected chi connectivity index (χ3v) is 3.01. The minimum atomic E-state index is -0.489. The Labute approximate surface area is 120 Å². The number of rotatable bonds is 6. The Hall–Kier alpha value is -2.42. The van der Waals surface area contributed by atoms with Crippen LogP contribution >= 0.6 is 0 Å². The number of nitrogens with zero attached hydrogens (tertiary/aromatic N) is 1. The number of aryl methyl sites for hydroxylation is 1. The second-order valence-electron chi connectivity index (χ2n) is 4.71. The number of nitrogens with one attached hydrogen (secondary N) is 4. The summed E-state index contributed by atoms with van der Waals surface area (Å²) in [5.41, 5.74) is 5.22. The van der Waals surface area contributed by atoms with Crippen LogP contribution < -0.4 is 21.5 Å². The third-order valence-electron chi connectivity index (χ3n) is 3.01. The molecule has 4 N–H and O–H groups in total. The zero-order chi connectivity index (χ0) is 15.2. The van der Waals surface area contributed by atoms with Gasteiger partial charge in [0.1, 0.15) is 5.76 Å². The van der Waals surface area contributed by atoms with Crippen LogP contribution in [0, 0.1) is 12.8 Å². The number of aromatic nitrogens is 1. The SMILES string of the molecule is Cc1cc(C(=O)NCC(=O)NNC[C@@H]2CCNC2=O)no1. The molecule has 0 bridgehead atoms. The highest BCUT2D eigenvalue weighted by atomic mass is 16.5. The maximum absolute atomic E-state index is 11.6. The molecule has 0 radical (unpaired) electrons. The summed E-state index contributed by atoms with van der Waals surface area (Å²) in [5, 5.41) is 8.65. The summed E-state index contributed by atoms with van der Waals surface area (Å²) in [7, 11) is 0. The van der Waals surface area contributed by atoms with E-state index in [0.29, 0.717) is 18.8 Å². The number of hydrazine groups is 1. The van der Waals surface area contributed by atoms with Crippen molar-refractivity contribution in [3.8, 4) is 0 Å². The van der Waals surface area contributed by atoms with Crippen LogP contribution in [0.4, 0.5) is 0 Å². The van der Waals surface area contributed by atoms with Gasteiger partial charge >= 0.3 is 0 Å². The van der Waals surface area contributed by atoms with E-state index in [4.69, 9.17) is 4.52 Å². The fourth-order valence-corrected chi connectivity index (χ4v) is 1.88. The molecule has 1 atom stereocenters. The molecule has 0 aromatic carbocycles. The molecule has 2 rings (SSSR count). The predicted octanol–water partition coefficient (Wildman–Crippen LogP) is -1.53. The molecule has 1 aliphatic heterocycles. The van der Waals surface area contributed by atoms with Gasteiger partial charge in [-0.05, 0) is 13.3 Å². The molecule has 0 spiro atoms. The lowest BCUT2D eigenvalue weighted by Crippen LogP contribution is -2.46. The Morgan fingerprint density at radius 2 is 2.33 bits per heavy atom. The molecule has 9 heteroatoms. The van der Waals surface area contributed by atoms with Crippen molar-refractivity contribution in [2.45, 2.75) is 13.3 Å². The van der Waals surface area contributed by atoms with Gasteiger partial charge in [0.25, 0.3) is 11.8 Å². The van der Waals surface area contributed by atoms with Crippen molar-refractivity contribution in [3.05, 3.63) is 17.5 Å². The van der Waals surface area contributed by atoms with Crippen LogP contribution in [0.1, 0.15) is 22.7 Å². The Morgan fingerprint density at radius 3 is 2.95 bits per heavy atom. The van der Waals surface area contributed by atoms with Crippen molar-refractivity contribution in [2.75, 3.05) is 19.6 Å². The number of hydrogen-bond donors (Lipinski definition) is 4. The first-order chi connectivity index (χ1) is 10.1.